The number of fused-ring (bicyclic) bond motifs is 1. The molecule has 0 saturated carbocycles. The molecule has 2 N–H and O–H groups in total. The van der Waals surface area contributed by atoms with Gasteiger partial charge >= 0.3 is 0 Å². The molecule has 1 aliphatic rings. The highest BCUT2D eigenvalue weighted by Gasteiger charge is 2.26. The Bertz CT molecular complexity index is 960. The van der Waals surface area contributed by atoms with Gasteiger partial charge in [-0.05, 0) is 19.4 Å². The molecule has 0 bridgehead atoms. The second kappa shape index (κ2) is 7.25. The minimum absolute atomic E-state index is 0.234. The van der Waals surface area contributed by atoms with Gasteiger partial charge in [-0.1, -0.05) is 29.8 Å². The predicted molar refractivity (Wildman–Crippen MR) is 110 cm³/mol. The van der Waals surface area contributed by atoms with Crippen molar-refractivity contribution in [1.29, 1.82) is 0 Å². The first kappa shape index (κ1) is 17.9. The predicted octanol–water partition coefficient (Wildman–Crippen LogP) is 2.66. The van der Waals surface area contributed by atoms with Gasteiger partial charge in [-0.3, -0.25) is 9.69 Å². The molecule has 4 rings (SSSR count). The van der Waals surface area contributed by atoms with Crippen LogP contribution in [0.1, 0.15) is 12.5 Å². The van der Waals surface area contributed by atoms with Crippen molar-refractivity contribution in [2.45, 2.75) is 19.9 Å². The summed E-state index contributed by atoms with van der Waals surface area (Å²) in [6, 6.07) is 8.33. The maximum atomic E-state index is 11.5. The van der Waals surface area contributed by atoms with Gasteiger partial charge in [0, 0.05) is 37.1 Å². The van der Waals surface area contributed by atoms with Crippen molar-refractivity contribution in [3.63, 3.8) is 0 Å². The van der Waals surface area contributed by atoms with Crippen molar-refractivity contribution in [1.82, 2.24) is 14.9 Å². The highest BCUT2D eigenvalue weighted by molar-refractivity contribution is 7.17. The van der Waals surface area contributed by atoms with Crippen LogP contribution in [0.5, 0.6) is 0 Å². The number of piperazine rings is 1. The summed E-state index contributed by atoms with van der Waals surface area (Å²) in [5.74, 6) is 0.704. The van der Waals surface area contributed by atoms with Crippen LogP contribution in [0, 0.1) is 6.92 Å². The number of nitrogens with two attached hydrogens (primary N) is 1. The molecule has 0 aliphatic carbocycles. The Balaban J connectivity index is 1.66. The SMILES string of the molecule is Cc1ccc(-c2csc3ncnc(N4CCN(C(C)C(N)=O)CC4)c23)cc1. The Morgan fingerprint density at radius 2 is 1.85 bits per heavy atom. The molecule has 1 amide bonds. The molecule has 6 nitrogen and oxygen atoms in total. The van der Waals surface area contributed by atoms with Crippen LogP contribution in [0.25, 0.3) is 21.3 Å². The molecule has 140 valence electrons. The molecule has 2 aromatic heterocycles. The van der Waals surface area contributed by atoms with E-state index < -0.39 is 0 Å². The van der Waals surface area contributed by atoms with Gasteiger partial charge in [-0.15, -0.1) is 11.3 Å². The van der Waals surface area contributed by atoms with Gasteiger partial charge < -0.3 is 10.6 Å². The van der Waals surface area contributed by atoms with Crippen LogP contribution in [-0.2, 0) is 4.79 Å². The Morgan fingerprint density at radius 3 is 2.52 bits per heavy atom. The van der Waals surface area contributed by atoms with Crippen LogP contribution in [0.15, 0.2) is 36.0 Å². The number of primary amides is 1. The topological polar surface area (TPSA) is 75.3 Å². The molecule has 1 fully saturated rings. The molecular weight excluding hydrogens is 358 g/mol. The Labute approximate surface area is 162 Å². The third kappa shape index (κ3) is 3.40. The fourth-order valence-corrected chi connectivity index (χ4v) is 4.46. The third-order valence-electron chi connectivity index (χ3n) is 5.29. The summed E-state index contributed by atoms with van der Waals surface area (Å²) >= 11 is 1.65. The summed E-state index contributed by atoms with van der Waals surface area (Å²) in [6.07, 6.45) is 1.64. The lowest BCUT2D eigenvalue weighted by Gasteiger charge is -2.37. The molecule has 1 unspecified atom stereocenters. The number of rotatable bonds is 4. The van der Waals surface area contributed by atoms with E-state index >= 15 is 0 Å². The van der Waals surface area contributed by atoms with E-state index in [-0.39, 0.29) is 11.9 Å². The number of carbonyl (C=O) groups is 1. The Hall–Kier alpha value is -2.51. The summed E-state index contributed by atoms with van der Waals surface area (Å²) in [7, 11) is 0. The van der Waals surface area contributed by atoms with Gasteiger partial charge in [0.25, 0.3) is 0 Å². The summed E-state index contributed by atoms with van der Waals surface area (Å²) < 4.78 is 0. The summed E-state index contributed by atoms with van der Waals surface area (Å²) in [5, 5.41) is 3.28. The Kier molecular flexibility index (Phi) is 4.80. The van der Waals surface area contributed by atoms with Gasteiger partial charge in [-0.25, -0.2) is 9.97 Å². The normalized spacial score (nSPS) is 16.6. The van der Waals surface area contributed by atoms with Crippen LogP contribution in [0.3, 0.4) is 0 Å². The number of nitrogens with zero attached hydrogens (tertiary/aromatic N) is 4. The molecule has 1 atom stereocenters. The molecule has 1 aliphatic heterocycles. The zero-order valence-electron chi connectivity index (χ0n) is 15.6. The maximum Gasteiger partial charge on any atom is 0.234 e. The first-order valence-corrected chi connectivity index (χ1v) is 10.00. The van der Waals surface area contributed by atoms with Gasteiger partial charge in [0.2, 0.25) is 5.91 Å². The third-order valence-corrected chi connectivity index (χ3v) is 6.17. The molecular formula is C20H23N5OS. The monoisotopic (exact) mass is 381 g/mol. The van der Waals surface area contributed by atoms with E-state index in [1.807, 2.05) is 6.92 Å². The number of aromatic nitrogens is 2. The largest absolute Gasteiger partial charge is 0.368 e. The second-order valence-electron chi connectivity index (χ2n) is 6.99. The van der Waals surface area contributed by atoms with Gasteiger partial charge in [0.05, 0.1) is 11.4 Å². The van der Waals surface area contributed by atoms with Crippen LogP contribution in [-0.4, -0.2) is 53.0 Å². The molecule has 3 heterocycles. The van der Waals surface area contributed by atoms with E-state index in [1.165, 1.54) is 16.7 Å². The number of amides is 1. The van der Waals surface area contributed by atoms with Crippen molar-refractivity contribution >= 4 is 33.3 Å². The molecule has 0 radical (unpaired) electrons. The van der Waals surface area contributed by atoms with E-state index in [2.05, 4.69) is 56.3 Å². The van der Waals surface area contributed by atoms with Crippen molar-refractivity contribution in [2.24, 2.45) is 5.73 Å². The van der Waals surface area contributed by atoms with E-state index in [4.69, 9.17) is 5.73 Å². The lowest BCUT2D eigenvalue weighted by Crippen LogP contribution is -2.53. The van der Waals surface area contributed by atoms with E-state index in [1.54, 1.807) is 17.7 Å². The molecule has 1 aromatic carbocycles. The highest BCUT2D eigenvalue weighted by Crippen LogP contribution is 2.38. The fourth-order valence-electron chi connectivity index (χ4n) is 3.55. The minimum atomic E-state index is -0.271. The average Bonchev–Trinajstić information content (AvgIpc) is 3.12. The number of carbonyl (C=O) groups excluding carboxylic acids is 1. The number of benzene rings is 1. The zero-order valence-corrected chi connectivity index (χ0v) is 16.4. The maximum absolute atomic E-state index is 11.5. The number of thiophene rings is 1. The highest BCUT2D eigenvalue weighted by atomic mass is 32.1. The van der Waals surface area contributed by atoms with Crippen LogP contribution < -0.4 is 10.6 Å². The Morgan fingerprint density at radius 1 is 1.15 bits per heavy atom. The van der Waals surface area contributed by atoms with Crippen molar-refractivity contribution in [2.75, 3.05) is 31.1 Å². The number of aryl methyl sites for hydroxylation is 1. The molecule has 27 heavy (non-hydrogen) atoms. The first-order valence-electron chi connectivity index (χ1n) is 9.12. The fraction of sp³-hybridized carbons (Fsp3) is 0.350. The van der Waals surface area contributed by atoms with Gasteiger partial charge in [0.15, 0.2) is 0 Å². The second-order valence-corrected chi connectivity index (χ2v) is 7.85. The van der Waals surface area contributed by atoms with E-state index in [9.17, 15) is 4.79 Å². The van der Waals surface area contributed by atoms with Crippen LogP contribution >= 0.6 is 11.3 Å². The van der Waals surface area contributed by atoms with Crippen molar-refractivity contribution in [3.8, 4) is 11.1 Å². The molecule has 0 spiro atoms. The lowest BCUT2D eigenvalue weighted by molar-refractivity contribution is -0.122. The number of hydrogen-bond acceptors (Lipinski definition) is 6. The zero-order chi connectivity index (χ0) is 19.0. The molecule has 1 saturated heterocycles. The average molecular weight is 382 g/mol. The first-order chi connectivity index (χ1) is 13.0. The molecule has 7 heteroatoms. The van der Waals surface area contributed by atoms with Crippen LogP contribution in [0.2, 0.25) is 0 Å². The number of hydrogen-bond donors (Lipinski definition) is 1. The van der Waals surface area contributed by atoms with Gasteiger partial charge in [-0.2, -0.15) is 0 Å². The standard InChI is InChI=1S/C20H23N5OS/c1-13-3-5-15(6-4-13)16-11-27-20-17(16)19(22-12-23-20)25-9-7-24(8-10-25)14(2)18(21)26/h3-6,11-12,14H,7-10H2,1-2H3,(H2,21,26). The summed E-state index contributed by atoms with van der Waals surface area (Å²) in [4.78, 5) is 26.0. The minimum Gasteiger partial charge on any atom is -0.368 e. The van der Waals surface area contributed by atoms with Gasteiger partial charge in [0.1, 0.15) is 17.0 Å². The number of anilines is 1. The smallest absolute Gasteiger partial charge is 0.234 e. The lowest BCUT2D eigenvalue weighted by atomic mass is 10.0. The summed E-state index contributed by atoms with van der Waals surface area (Å²) in [5.41, 5.74) is 9.06. The quantitative estimate of drug-likeness (QED) is 0.752. The molecule has 3 aromatic rings. The van der Waals surface area contributed by atoms with E-state index in [0.717, 1.165) is 42.2 Å². The van der Waals surface area contributed by atoms with Crippen molar-refractivity contribution in [3.05, 3.63) is 41.5 Å². The summed E-state index contributed by atoms with van der Waals surface area (Å²) in [6.45, 7) is 7.17. The van der Waals surface area contributed by atoms with Crippen molar-refractivity contribution < 1.29 is 4.79 Å². The van der Waals surface area contributed by atoms with E-state index in [0.29, 0.717) is 0 Å². The van der Waals surface area contributed by atoms with Crippen LogP contribution in [0.4, 0.5) is 5.82 Å².